The molecular formula is C36H41N2O5+. The Labute approximate surface area is 254 Å². The first kappa shape index (κ1) is 31.3. The number of carbonyl (C=O) groups excluding carboxylic acids is 2. The number of hydrogen-bond donors (Lipinski definition) is 0. The molecular weight excluding hydrogens is 540 g/mol. The number of nitrogens with zero attached hydrogens (tertiary/aromatic N) is 2. The van der Waals surface area contributed by atoms with Gasteiger partial charge in [-0.15, -0.1) is 0 Å². The fourth-order valence-electron chi connectivity index (χ4n) is 4.48. The molecule has 7 heteroatoms. The van der Waals surface area contributed by atoms with E-state index in [0.717, 1.165) is 23.4 Å². The Balaban J connectivity index is 1.22. The summed E-state index contributed by atoms with van der Waals surface area (Å²) in [5.41, 5.74) is 2.99. The molecule has 0 aliphatic heterocycles. The van der Waals surface area contributed by atoms with Crippen molar-refractivity contribution in [3.63, 3.8) is 0 Å². The van der Waals surface area contributed by atoms with E-state index in [-0.39, 0.29) is 0 Å². The van der Waals surface area contributed by atoms with Crippen LogP contribution in [0.4, 0.5) is 5.69 Å². The van der Waals surface area contributed by atoms with Gasteiger partial charge in [0.05, 0.1) is 17.7 Å². The first-order valence-corrected chi connectivity index (χ1v) is 14.9. The third kappa shape index (κ3) is 9.99. The van der Waals surface area contributed by atoms with E-state index in [9.17, 15) is 9.59 Å². The van der Waals surface area contributed by atoms with Gasteiger partial charge in [0, 0.05) is 37.5 Å². The third-order valence-electron chi connectivity index (χ3n) is 7.05. The van der Waals surface area contributed by atoms with Gasteiger partial charge in [-0.3, -0.25) is 0 Å². The molecule has 43 heavy (non-hydrogen) atoms. The molecule has 0 radical (unpaired) electrons. The van der Waals surface area contributed by atoms with E-state index >= 15 is 0 Å². The lowest BCUT2D eigenvalue weighted by molar-refractivity contribution is -0.688. The van der Waals surface area contributed by atoms with Crippen molar-refractivity contribution in [2.24, 2.45) is 0 Å². The van der Waals surface area contributed by atoms with Crippen molar-refractivity contribution in [2.45, 2.75) is 52.0 Å². The maximum Gasteiger partial charge on any atom is 0.343 e. The molecule has 224 valence electrons. The summed E-state index contributed by atoms with van der Waals surface area (Å²) in [5.74, 6) is 0.559. The zero-order valence-corrected chi connectivity index (χ0v) is 25.3. The molecule has 0 saturated carbocycles. The molecule has 0 aliphatic rings. The lowest BCUT2D eigenvalue weighted by Gasteiger charge is -2.10. The molecule has 7 nitrogen and oxygen atoms in total. The first-order valence-electron chi connectivity index (χ1n) is 14.9. The average Bonchev–Trinajstić information content (AvgIpc) is 3.02. The van der Waals surface area contributed by atoms with E-state index in [1.807, 2.05) is 38.6 Å². The monoisotopic (exact) mass is 581 g/mol. The third-order valence-corrected chi connectivity index (χ3v) is 7.05. The fourth-order valence-corrected chi connectivity index (χ4v) is 4.48. The lowest BCUT2D eigenvalue weighted by atomic mass is 10.1. The van der Waals surface area contributed by atoms with Gasteiger partial charge in [-0.2, -0.15) is 0 Å². The molecule has 1 heterocycles. The Morgan fingerprint density at radius 2 is 1.12 bits per heavy atom. The first-order chi connectivity index (χ1) is 20.9. The SMILES string of the molecule is CCCCCCCCOc1ccc(OC(=O)c2ccc(OC(=O)c3ccc(C[n+]4ccc(N(C)C)cc4)cc3)cc2)cc1. The predicted octanol–water partition coefficient (Wildman–Crippen LogP) is 7.27. The highest BCUT2D eigenvalue weighted by Crippen LogP contribution is 2.21. The predicted molar refractivity (Wildman–Crippen MR) is 168 cm³/mol. The Hall–Kier alpha value is -4.65. The second-order valence-corrected chi connectivity index (χ2v) is 10.7. The van der Waals surface area contributed by atoms with Gasteiger partial charge in [0.15, 0.2) is 18.9 Å². The minimum Gasteiger partial charge on any atom is -0.494 e. The van der Waals surface area contributed by atoms with E-state index in [1.165, 1.54) is 32.1 Å². The van der Waals surface area contributed by atoms with E-state index in [1.54, 1.807) is 60.7 Å². The number of ether oxygens (including phenoxy) is 3. The lowest BCUT2D eigenvalue weighted by Crippen LogP contribution is -2.33. The molecule has 0 spiro atoms. The summed E-state index contributed by atoms with van der Waals surface area (Å²) in [7, 11) is 4.02. The molecule has 4 aromatic rings. The summed E-state index contributed by atoms with van der Waals surface area (Å²) in [6.45, 7) is 3.59. The fraction of sp³-hybridized carbons (Fsp3) is 0.306. The highest BCUT2D eigenvalue weighted by atomic mass is 16.5. The highest BCUT2D eigenvalue weighted by molar-refractivity contribution is 5.92. The van der Waals surface area contributed by atoms with Crippen LogP contribution in [-0.2, 0) is 6.54 Å². The number of anilines is 1. The topological polar surface area (TPSA) is 69.0 Å². The number of carbonyl (C=O) groups is 2. The van der Waals surface area contributed by atoms with Gasteiger partial charge in [-0.05, 0) is 67.1 Å². The molecule has 3 aromatic carbocycles. The number of rotatable bonds is 15. The number of aromatic nitrogens is 1. The quantitative estimate of drug-likeness (QED) is 0.0637. The second kappa shape index (κ2) is 16.1. The van der Waals surface area contributed by atoms with Crippen molar-refractivity contribution >= 4 is 17.6 Å². The number of benzene rings is 3. The summed E-state index contributed by atoms with van der Waals surface area (Å²) in [5, 5.41) is 0. The van der Waals surface area contributed by atoms with Crippen LogP contribution in [0.1, 0.15) is 71.7 Å². The molecule has 0 fully saturated rings. The maximum atomic E-state index is 12.7. The molecule has 0 N–H and O–H groups in total. The summed E-state index contributed by atoms with van der Waals surface area (Å²) in [4.78, 5) is 27.3. The summed E-state index contributed by atoms with van der Waals surface area (Å²) < 4.78 is 18.9. The van der Waals surface area contributed by atoms with Crippen molar-refractivity contribution in [2.75, 3.05) is 25.6 Å². The van der Waals surface area contributed by atoms with Gasteiger partial charge in [0.25, 0.3) is 0 Å². The Morgan fingerprint density at radius 1 is 0.628 bits per heavy atom. The minimum atomic E-state index is -0.497. The molecule has 4 rings (SSSR count). The van der Waals surface area contributed by atoms with Crippen molar-refractivity contribution in [1.82, 2.24) is 0 Å². The molecule has 0 atom stereocenters. The van der Waals surface area contributed by atoms with Crippen LogP contribution in [0.3, 0.4) is 0 Å². The minimum absolute atomic E-state index is 0.342. The molecule has 0 saturated heterocycles. The van der Waals surface area contributed by atoms with E-state index in [4.69, 9.17) is 14.2 Å². The van der Waals surface area contributed by atoms with Gasteiger partial charge in [-0.25, -0.2) is 14.2 Å². The number of pyridine rings is 1. The number of hydrogen-bond acceptors (Lipinski definition) is 6. The average molecular weight is 582 g/mol. The second-order valence-electron chi connectivity index (χ2n) is 10.7. The normalized spacial score (nSPS) is 10.7. The Kier molecular flexibility index (Phi) is 11.7. The van der Waals surface area contributed by atoms with E-state index in [2.05, 4.69) is 28.5 Å². The van der Waals surface area contributed by atoms with Crippen LogP contribution in [0.25, 0.3) is 0 Å². The molecule has 0 amide bonds. The van der Waals surface area contributed by atoms with Gasteiger partial charge in [0.1, 0.15) is 17.2 Å². The largest absolute Gasteiger partial charge is 0.494 e. The van der Waals surface area contributed by atoms with Crippen molar-refractivity contribution in [3.05, 3.63) is 114 Å². The van der Waals surface area contributed by atoms with Crippen molar-refractivity contribution in [1.29, 1.82) is 0 Å². The Bertz CT molecular complexity index is 1430. The van der Waals surface area contributed by atoms with Gasteiger partial charge in [-0.1, -0.05) is 51.2 Å². The standard InChI is InChI=1S/C36H41N2O5/c1-4-5-6-7-8-9-26-41-32-18-20-34(21-19-32)43-36(40)30-14-16-33(17-15-30)42-35(39)29-12-10-28(11-13-29)27-38-24-22-31(23-25-38)37(2)3/h10-25H,4-9,26-27H2,1-3H3/q+1. The summed E-state index contributed by atoms with van der Waals surface area (Å²) in [6.07, 6.45) is 11.3. The molecule has 0 aliphatic carbocycles. The van der Waals surface area contributed by atoms with Gasteiger partial charge in [0.2, 0.25) is 0 Å². The zero-order valence-electron chi connectivity index (χ0n) is 25.3. The Morgan fingerprint density at radius 3 is 1.67 bits per heavy atom. The van der Waals surface area contributed by atoms with Crippen LogP contribution in [0.15, 0.2) is 97.3 Å². The highest BCUT2D eigenvalue weighted by Gasteiger charge is 2.13. The summed E-state index contributed by atoms with van der Waals surface area (Å²) in [6, 6.07) is 24.8. The van der Waals surface area contributed by atoms with Crippen LogP contribution >= 0.6 is 0 Å². The number of unbranched alkanes of at least 4 members (excludes halogenated alkanes) is 5. The van der Waals surface area contributed by atoms with Crippen molar-refractivity contribution in [3.8, 4) is 17.2 Å². The van der Waals surface area contributed by atoms with E-state index in [0.29, 0.717) is 35.8 Å². The van der Waals surface area contributed by atoms with E-state index < -0.39 is 11.9 Å². The van der Waals surface area contributed by atoms with Crippen LogP contribution in [0.5, 0.6) is 17.2 Å². The smallest absolute Gasteiger partial charge is 0.343 e. The van der Waals surface area contributed by atoms with Crippen LogP contribution < -0.4 is 23.7 Å². The van der Waals surface area contributed by atoms with Crippen molar-refractivity contribution < 1.29 is 28.4 Å². The summed E-state index contributed by atoms with van der Waals surface area (Å²) >= 11 is 0. The molecule has 0 bridgehead atoms. The van der Waals surface area contributed by atoms with Crippen LogP contribution in [-0.4, -0.2) is 32.6 Å². The van der Waals surface area contributed by atoms with Crippen LogP contribution in [0, 0.1) is 0 Å². The zero-order chi connectivity index (χ0) is 30.4. The molecule has 0 unspecified atom stereocenters. The van der Waals surface area contributed by atoms with Gasteiger partial charge < -0.3 is 19.1 Å². The van der Waals surface area contributed by atoms with Crippen LogP contribution in [0.2, 0.25) is 0 Å². The molecule has 1 aromatic heterocycles. The maximum absolute atomic E-state index is 12.7. The number of esters is 2. The van der Waals surface area contributed by atoms with Gasteiger partial charge >= 0.3 is 11.9 Å².